The van der Waals surface area contributed by atoms with Crippen molar-refractivity contribution < 1.29 is 28.5 Å². The average molecular weight is 402 g/mol. The van der Waals surface area contributed by atoms with Crippen molar-refractivity contribution in [1.29, 1.82) is 0 Å². The van der Waals surface area contributed by atoms with Crippen molar-refractivity contribution >= 4 is 12.1 Å². The molecule has 1 N–H and O–H groups in total. The van der Waals surface area contributed by atoms with Gasteiger partial charge >= 0.3 is 12.1 Å². The molecule has 1 rings (SSSR count). The van der Waals surface area contributed by atoms with Crippen LogP contribution in [-0.4, -0.2) is 55.7 Å². The number of esters is 1. The van der Waals surface area contributed by atoms with Gasteiger partial charge in [-0.15, -0.1) is 0 Å². The number of carbonyl (C=O) groups excluding carboxylic acids is 2. The molecule has 1 aliphatic heterocycles. The highest BCUT2D eigenvalue weighted by Crippen LogP contribution is 2.26. The molecular formula is C21H39NO6. The molecule has 0 aromatic carbocycles. The van der Waals surface area contributed by atoms with Gasteiger partial charge in [-0.05, 0) is 46.5 Å². The Balaban J connectivity index is 2.86. The predicted octanol–water partition coefficient (Wildman–Crippen LogP) is 3.69. The molecule has 1 amide bonds. The van der Waals surface area contributed by atoms with Crippen LogP contribution in [0, 0.1) is 11.8 Å². The van der Waals surface area contributed by atoms with Crippen molar-refractivity contribution in [2.45, 2.75) is 91.6 Å². The van der Waals surface area contributed by atoms with E-state index in [2.05, 4.69) is 26.1 Å². The first-order chi connectivity index (χ1) is 13.0. The molecule has 0 spiro atoms. The molecule has 4 atom stereocenters. The van der Waals surface area contributed by atoms with E-state index < -0.39 is 23.7 Å². The normalized spacial score (nSPS) is 26.8. The summed E-state index contributed by atoms with van der Waals surface area (Å²) in [5.41, 5.74) is -0.651. The number of hydrogen-bond acceptors (Lipinski definition) is 6. The predicted molar refractivity (Wildman–Crippen MR) is 107 cm³/mol. The number of alkyl carbamates (subject to hydrolysis) is 1. The van der Waals surface area contributed by atoms with Gasteiger partial charge in [0.25, 0.3) is 0 Å². The maximum atomic E-state index is 12.6. The smallest absolute Gasteiger partial charge is 0.408 e. The van der Waals surface area contributed by atoms with Gasteiger partial charge in [-0.2, -0.15) is 0 Å². The van der Waals surface area contributed by atoms with Crippen molar-refractivity contribution in [3.8, 4) is 0 Å². The molecule has 0 unspecified atom stereocenters. The van der Waals surface area contributed by atoms with Crippen LogP contribution < -0.4 is 5.32 Å². The Labute approximate surface area is 169 Å². The second-order valence-corrected chi connectivity index (χ2v) is 8.92. The second kappa shape index (κ2) is 11.6. The summed E-state index contributed by atoms with van der Waals surface area (Å²) in [6.07, 6.45) is 1.65. The zero-order valence-corrected chi connectivity index (χ0v) is 18.6. The van der Waals surface area contributed by atoms with Crippen LogP contribution in [0.2, 0.25) is 0 Å². The van der Waals surface area contributed by atoms with E-state index in [0.717, 1.165) is 19.3 Å². The third-order valence-corrected chi connectivity index (χ3v) is 4.54. The van der Waals surface area contributed by atoms with Gasteiger partial charge in [0.15, 0.2) is 6.04 Å². The van der Waals surface area contributed by atoms with E-state index in [1.165, 1.54) is 0 Å². The van der Waals surface area contributed by atoms with Crippen LogP contribution in [0.5, 0.6) is 0 Å². The Morgan fingerprint density at radius 3 is 2.54 bits per heavy atom. The van der Waals surface area contributed by atoms with Crippen LogP contribution in [0.1, 0.15) is 67.7 Å². The van der Waals surface area contributed by atoms with E-state index in [4.69, 9.17) is 18.9 Å². The highest BCUT2D eigenvalue weighted by Gasteiger charge is 2.35. The Kier molecular flexibility index (Phi) is 10.2. The van der Waals surface area contributed by atoms with Crippen molar-refractivity contribution in [2.24, 2.45) is 11.8 Å². The summed E-state index contributed by atoms with van der Waals surface area (Å²) < 4.78 is 22.7. The van der Waals surface area contributed by atoms with Crippen LogP contribution in [0.25, 0.3) is 0 Å². The van der Waals surface area contributed by atoms with E-state index in [1.807, 2.05) is 6.92 Å². The molecule has 1 heterocycles. The quantitative estimate of drug-likeness (QED) is 0.655. The highest BCUT2D eigenvalue weighted by molar-refractivity contribution is 5.81. The molecule has 0 aliphatic carbocycles. The summed E-state index contributed by atoms with van der Waals surface area (Å²) in [6.45, 7) is 14.6. The van der Waals surface area contributed by atoms with Gasteiger partial charge < -0.3 is 24.3 Å². The van der Waals surface area contributed by atoms with Crippen molar-refractivity contribution in [1.82, 2.24) is 5.32 Å². The first-order valence-corrected chi connectivity index (χ1v) is 10.4. The third-order valence-electron chi connectivity index (χ3n) is 4.54. The molecule has 1 aliphatic rings. The van der Waals surface area contributed by atoms with Crippen molar-refractivity contribution in [3.63, 3.8) is 0 Å². The molecule has 0 bridgehead atoms. The molecule has 1 saturated heterocycles. The Morgan fingerprint density at radius 2 is 1.96 bits per heavy atom. The van der Waals surface area contributed by atoms with Gasteiger partial charge in [0.2, 0.25) is 0 Å². The zero-order chi connectivity index (χ0) is 21.3. The largest absolute Gasteiger partial charge is 0.461 e. The average Bonchev–Trinajstić information content (AvgIpc) is 2.60. The first-order valence-electron chi connectivity index (χ1n) is 10.4. The van der Waals surface area contributed by atoms with E-state index in [0.29, 0.717) is 19.1 Å². The van der Waals surface area contributed by atoms with Gasteiger partial charge in [-0.1, -0.05) is 27.2 Å². The third kappa shape index (κ3) is 9.24. The van der Waals surface area contributed by atoms with Crippen LogP contribution in [0.3, 0.4) is 0 Å². The van der Waals surface area contributed by atoms with E-state index in [-0.39, 0.29) is 24.7 Å². The maximum Gasteiger partial charge on any atom is 0.408 e. The molecule has 7 heteroatoms. The number of carbonyl (C=O) groups is 2. The number of amides is 1. The molecule has 0 saturated carbocycles. The van der Waals surface area contributed by atoms with Crippen LogP contribution in [0.4, 0.5) is 4.79 Å². The molecule has 0 radical (unpaired) electrons. The number of nitrogens with one attached hydrogen (secondary N) is 1. The zero-order valence-electron chi connectivity index (χ0n) is 18.6. The fourth-order valence-corrected chi connectivity index (χ4v) is 3.09. The monoisotopic (exact) mass is 401 g/mol. The van der Waals surface area contributed by atoms with Crippen molar-refractivity contribution in [3.05, 3.63) is 0 Å². The van der Waals surface area contributed by atoms with Gasteiger partial charge in [0, 0.05) is 12.5 Å². The number of rotatable bonds is 7. The maximum absolute atomic E-state index is 12.6. The lowest BCUT2D eigenvalue weighted by Gasteiger charge is -2.31. The molecule has 164 valence electrons. The minimum absolute atomic E-state index is 0.0215. The number of ether oxygens (including phenoxy) is 4. The lowest BCUT2D eigenvalue weighted by Crippen LogP contribution is -2.47. The lowest BCUT2D eigenvalue weighted by molar-refractivity contribution is -0.155. The Morgan fingerprint density at radius 1 is 1.29 bits per heavy atom. The molecule has 1 fully saturated rings. The summed E-state index contributed by atoms with van der Waals surface area (Å²) in [5, 5.41) is 2.56. The minimum atomic E-state index is -0.909. The second-order valence-electron chi connectivity index (χ2n) is 8.92. The van der Waals surface area contributed by atoms with E-state index in [1.54, 1.807) is 20.8 Å². The minimum Gasteiger partial charge on any atom is -0.461 e. The van der Waals surface area contributed by atoms with Crippen LogP contribution in [-0.2, 0) is 23.7 Å². The number of hydrogen-bond donors (Lipinski definition) is 1. The summed E-state index contributed by atoms with van der Waals surface area (Å²) in [4.78, 5) is 24.7. The van der Waals surface area contributed by atoms with Gasteiger partial charge in [-0.3, -0.25) is 0 Å². The molecule has 7 nitrogen and oxygen atoms in total. The molecule has 0 aromatic rings. The fraction of sp³-hybridized carbons (Fsp3) is 0.905. The molecule has 0 aromatic heterocycles. The summed E-state index contributed by atoms with van der Waals surface area (Å²) in [5.74, 6) is 0.0760. The fourth-order valence-electron chi connectivity index (χ4n) is 3.09. The van der Waals surface area contributed by atoms with Crippen LogP contribution >= 0.6 is 0 Å². The van der Waals surface area contributed by atoms with E-state index in [9.17, 15) is 9.59 Å². The number of cyclic esters (lactones) is 1. The summed E-state index contributed by atoms with van der Waals surface area (Å²) >= 11 is 0. The summed E-state index contributed by atoms with van der Waals surface area (Å²) in [6, 6.07) is -0.909. The van der Waals surface area contributed by atoms with Gasteiger partial charge in [-0.25, -0.2) is 9.59 Å². The summed E-state index contributed by atoms with van der Waals surface area (Å²) in [7, 11) is 0. The van der Waals surface area contributed by atoms with E-state index >= 15 is 0 Å². The lowest BCUT2D eigenvalue weighted by atomic mass is 9.89. The Hall–Kier alpha value is -1.34. The van der Waals surface area contributed by atoms with Gasteiger partial charge in [0.1, 0.15) is 11.7 Å². The van der Waals surface area contributed by atoms with Gasteiger partial charge in [0.05, 0.1) is 19.3 Å². The molecule has 28 heavy (non-hydrogen) atoms. The topological polar surface area (TPSA) is 83.1 Å². The molecular weight excluding hydrogens is 362 g/mol. The first kappa shape index (κ1) is 24.7. The van der Waals surface area contributed by atoms with Crippen LogP contribution in [0.15, 0.2) is 0 Å². The van der Waals surface area contributed by atoms with Crippen molar-refractivity contribution in [2.75, 3.05) is 19.8 Å². The standard InChI is InChI=1S/C21H39NO6/c1-8-11-26-18-13-25-12-17(22-20(24)28-21(5,6)7)19(23)27-15(4)16(18)10-9-14(2)3/h14-18H,8-13H2,1-7H3,(H,22,24)/t15-,16-,17-,18-/m0/s1. The SMILES string of the molecule is CCCO[C@H]1COC[C@H](NC(=O)OC(C)(C)C)C(=O)O[C@@H](C)[C@@H]1CCC(C)C. The highest BCUT2D eigenvalue weighted by atomic mass is 16.6. The Bertz CT molecular complexity index is 488.